The van der Waals surface area contributed by atoms with Crippen molar-refractivity contribution in [2.75, 3.05) is 92.7 Å². The van der Waals surface area contributed by atoms with E-state index in [4.69, 9.17) is 23.7 Å². The summed E-state index contributed by atoms with van der Waals surface area (Å²) in [6.07, 6.45) is 5.70. The van der Waals surface area contributed by atoms with Gasteiger partial charge in [-0.15, -0.1) is 0 Å². The van der Waals surface area contributed by atoms with E-state index in [-0.39, 0.29) is 18.4 Å². The monoisotopic (exact) mass is 665 g/mol. The molecule has 0 radical (unpaired) electrons. The van der Waals surface area contributed by atoms with Crippen molar-refractivity contribution in [3.8, 4) is 28.7 Å². The van der Waals surface area contributed by atoms with Crippen molar-refractivity contribution >= 4 is 23.8 Å². The third-order valence-corrected chi connectivity index (χ3v) is 9.32. The number of halogens is 1. The second-order valence-corrected chi connectivity index (χ2v) is 12.2. The fourth-order valence-corrected chi connectivity index (χ4v) is 6.33. The maximum absolute atomic E-state index is 12.8. The number of anilines is 1. The van der Waals surface area contributed by atoms with Gasteiger partial charge in [0.25, 0.3) is 0 Å². The molecule has 10 heteroatoms. The van der Waals surface area contributed by atoms with Crippen LogP contribution in [0, 0.1) is 0 Å². The van der Waals surface area contributed by atoms with Gasteiger partial charge >= 0.3 is 5.97 Å². The van der Waals surface area contributed by atoms with E-state index in [1.54, 1.807) is 40.6 Å². The Labute approximate surface area is 285 Å². The van der Waals surface area contributed by atoms with Crippen molar-refractivity contribution in [3.05, 3.63) is 71.3 Å². The fourth-order valence-electron chi connectivity index (χ4n) is 6.33. The maximum Gasteiger partial charge on any atom is 0.311 e. The number of piperazine rings is 2. The van der Waals surface area contributed by atoms with Gasteiger partial charge in [0.2, 0.25) is 5.75 Å². The van der Waals surface area contributed by atoms with Gasteiger partial charge in [0.1, 0.15) is 0 Å². The lowest BCUT2D eigenvalue weighted by molar-refractivity contribution is -0.932. The minimum absolute atomic E-state index is 0. The van der Waals surface area contributed by atoms with Crippen molar-refractivity contribution in [2.45, 2.75) is 19.3 Å². The molecule has 3 aromatic carbocycles. The standard InChI is InChI=1S/C37H48N3O6.ClH/c1-38-17-21-40(22-18-38)23-19-39(20-24-40)31-14-11-28(12-15-31)7-6-8-36(41)46-33-25-29(13-16-32(33)42-2)9-10-30-26-34(43-3)37(45-5)35(27-30)44-4;/h9-16,25-27H,6-8,17-24H2,1-5H3;1H/q+1;/p-1/b10-9-;. The number of likely N-dealkylation sites (N-methyl/N-ethyl adjacent to an activating group) is 1. The van der Waals surface area contributed by atoms with Crippen LogP contribution in [0.2, 0.25) is 0 Å². The van der Waals surface area contributed by atoms with Crippen molar-refractivity contribution in [2.24, 2.45) is 0 Å². The SMILES string of the molecule is COc1ccc(/C=C\c2cc(OC)c(OC)c(OC)c2)cc1OC(=O)CCCc1ccc(N2CC[N+]3(CCN(C)CC3)CC2)cc1.[Cl-]. The van der Waals surface area contributed by atoms with Crippen molar-refractivity contribution in [1.82, 2.24) is 4.90 Å². The van der Waals surface area contributed by atoms with Gasteiger partial charge in [-0.1, -0.05) is 30.4 Å². The summed E-state index contributed by atoms with van der Waals surface area (Å²) in [5, 5.41) is 0. The van der Waals surface area contributed by atoms with Crippen LogP contribution in [-0.4, -0.2) is 103 Å². The molecule has 0 N–H and O–H groups in total. The van der Waals surface area contributed by atoms with Crippen LogP contribution in [0.1, 0.15) is 29.5 Å². The summed E-state index contributed by atoms with van der Waals surface area (Å²) < 4.78 is 28.8. The van der Waals surface area contributed by atoms with E-state index in [2.05, 4.69) is 41.1 Å². The molecule has 3 aromatic rings. The smallest absolute Gasteiger partial charge is 0.311 e. The van der Waals surface area contributed by atoms with Gasteiger partial charge in [0, 0.05) is 25.2 Å². The number of carbonyl (C=O) groups excluding carboxylic acids is 1. The summed E-state index contributed by atoms with van der Waals surface area (Å²) in [4.78, 5) is 17.8. The number of rotatable bonds is 12. The van der Waals surface area contributed by atoms with Crippen LogP contribution in [0.25, 0.3) is 12.2 Å². The lowest BCUT2D eigenvalue weighted by atomic mass is 10.1. The Kier molecular flexibility index (Phi) is 12.8. The highest BCUT2D eigenvalue weighted by molar-refractivity contribution is 5.76. The molecule has 2 aliphatic heterocycles. The lowest BCUT2D eigenvalue weighted by Gasteiger charge is -2.49. The molecule has 0 aromatic heterocycles. The second-order valence-electron chi connectivity index (χ2n) is 12.2. The first-order valence-corrected chi connectivity index (χ1v) is 16.1. The summed E-state index contributed by atoms with van der Waals surface area (Å²) in [7, 11) is 8.55. The molecular formula is C37H48ClN3O6. The van der Waals surface area contributed by atoms with E-state index in [1.807, 2.05) is 30.4 Å². The largest absolute Gasteiger partial charge is 1.00 e. The summed E-state index contributed by atoms with van der Waals surface area (Å²) >= 11 is 0. The van der Waals surface area contributed by atoms with Crippen LogP contribution in [0.4, 0.5) is 5.69 Å². The number of aryl methyl sites for hydroxylation is 1. The van der Waals surface area contributed by atoms with Crippen LogP contribution >= 0.6 is 0 Å². The second kappa shape index (κ2) is 16.8. The van der Waals surface area contributed by atoms with Crippen molar-refractivity contribution < 1.29 is 45.4 Å². The molecule has 9 nitrogen and oxygen atoms in total. The first-order valence-electron chi connectivity index (χ1n) is 16.1. The summed E-state index contributed by atoms with van der Waals surface area (Å²) in [5.74, 6) is 2.30. The number of methoxy groups -OCH3 is 4. The normalized spacial score (nSPS) is 16.1. The highest BCUT2D eigenvalue weighted by Crippen LogP contribution is 2.39. The number of quaternary nitrogens is 1. The topological polar surface area (TPSA) is 69.7 Å². The van der Waals surface area contributed by atoms with E-state index in [0.717, 1.165) is 30.6 Å². The first kappa shape index (κ1) is 35.9. The minimum atomic E-state index is -0.282. The van der Waals surface area contributed by atoms with Gasteiger partial charge in [-0.3, -0.25) is 9.69 Å². The van der Waals surface area contributed by atoms with Crippen LogP contribution in [0.5, 0.6) is 28.7 Å². The molecule has 2 saturated heterocycles. The Morgan fingerprint density at radius 1 is 0.723 bits per heavy atom. The average Bonchev–Trinajstić information content (AvgIpc) is 3.09. The van der Waals surface area contributed by atoms with Gasteiger partial charge in [0.05, 0.1) is 67.7 Å². The van der Waals surface area contributed by atoms with E-state index in [9.17, 15) is 4.79 Å². The van der Waals surface area contributed by atoms with E-state index < -0.39 is 0 Å². The van der Waals surface area contributed by atoms with Crippen LogP contribution in [0.3, 0.4) is 0 Å². The molecule has 0 unspecified atom stereocenters. The van der Waals surface area contributed by atoms with Crippen LogP contribution < -0.4 is 41.0 Å². The number of benzene rings is 3. The number of esters is 1. The molecule has 2 fully saturated rings. The van der Waals surface area contributed by atoms with Gasteiger partial charge in [0.15, 0.2) is 23.0 Å². The van der Waals surface area contributed by atoms with Crippen LogP contribution in [0.15, 0.2) is 54.6 Å². The van der Waals surface area contributed by atoms with Crippen molar-refractivity contribution in [1.29, 1.82) is 0 Å². The number of hydrogen-bond donors (Lipinski definition) is 0. The number of ether oxygens (including phenoxy) is 5. The summed E-state index contributed by atoms with van der Waals surface area (Å²) in [6, 6.07) is 18.1. The van der Waals surface area contributed by atoms with E-state index in [1.165, 1.54) is 55.0 Å². The molecule has 0 bridgehead atoms. The first-order chi connectivity index (χ1) is 22.3. The van der Waals surface area contributed by atoms with Gasteiger partial charge in [-0.25, -0.2) is 0 Å². The lowest BCUT2D eigenvalue weighted by Crippen LogP contribution is -3.00. The third-order valence-electron chi connectivity index (χ3n) is 9.32. The zero-order valence-electron chi connectivity index (χ0n) is 28.3. The zero-order chi connectivity index (χ0) is 32.5. The number of carbonyl (C=O) groups is 1. The fraction of sp³-hybridized carbons (Fsp3) is 0.432. The highest BCUT2D eigenvalue weighted by atomic mass is 35.5. The van der Waals surface area contributed by atoms with Gasteiger partial charge in [-0.2, -0.15) is 0 Å². The number of hydrogen-bond acceptors (Lipinski definition) is 8. The molecule has 47 heavy (non-hydrogen) atoms. The van der Waals surface area contributed by atoms with Gasteiger partial charge in [-0.05, 0) is 73.0 Å². The molecule has 0 aliphatic carbocycles. The Morgan fingerprint density at radius 2 is 1.30 bits per heavy atom. The zero-order valence-corrected chi connectivity index (χ0v) is 29.1. The molecule has 2 aliphatic rings. The molecule has 0 saturated carbocycles. The molecular weight excluding hydrogens is 618 g/mol. The Hall–Kier alpha value is -3.92. The molecule has 0 atom stereocenters. The third kappa shape index (κ3) is 9.12. The Bertz CT molecular complexity index is 1470. The van der Waals surface area contributed by atoms with Crippen LogP contribution in [-0.2, 0) is 11.2 Å². The molecule has 2 heterocycles. The molecule has 0 amide bonds. The highest BCUT2D eigenvalue weighted by Gasteiger charge is 2.35. The predicted octanol–water partition coefficient (Wildman–Crippen LogP) is 2.41. The maximum atomic E-state index is 12.8. The summed E-state index contributed by atoms with van der Waals surface area (Å²) in [6.45, 7) is 9.65. The average molecular weight is 666 g/mol. The Balaban J connectivity index is 0.00000500. The quantitative estimate of drug-likeness (QED) is 0.127. The van der Waals surface area contributed by atoms with Gasteiger partial charge < -0.3 is 45.5 Å². The van der Waals surface area contributed by atoms with E-state index in [0.29, 0.717) is 41.6 Å². The van der Waals surface area contributed by atoms with E-state index >= 15 is 0 Å². The van der Waals surface area contributed by atoms with Crippen molar-refractivity contribution in [3.63, 3.8) is 0 Å². The number of nitrogens with zero attached hydrogens (tertiary/aromatic N) is 3. The molecule has 1 spiro atoms. The minimum Gasteiger partial charge on any atom is -1.00 e. The molecule has 5 rings (SSSR count). The predicted molar refractivity (Wildman–Crippen MR) is 182 cm³/mol. The molecule has 254 valence electrons. The summed E-state index contributed by atoms with van der Waals surface area (Å²) in [5.41, 5.74) is 4.24. The Morgan fingerprint density at radius 3 is 1.89 bits per heavy atom.